The summed E-state index contributed by atoms with van der Waals surface area (Å²) in [5, 5.41) is 5.95. The number of hydrogen-bond donors (Lipinski definition) is 2. The molecule has 0 saturated carbocycles. The highest BCUT2D eigenvalue weighted by molar-refractivity contribution is 9.10. The van der Waals surface area contributed by atoms with Gasteiger partial charge in [-0.2, -0.15) is 0 Å². The number of amides is 1. The maximum Gasteiger partial charge on any atom is 0.238 e. The number of carbonyl (C=O) groups excluding carboxylic acids is 1. The average Bonchev–Trinajstić information content (AvgIpc) is 2.37. The second-order valence-corrected chi connectivity index (χ2v) is 5.04. The largest absolute Gasteiger partial charge is 0.325 e. The van der Waals surface area contributed by atoms with Crippen molar-refractivity contribution in [2.75, 3.05) is 38.5 Å². The van der Waals surface area contributed by atoms with Crippen molar-refractivity contribution in [3.05, 3.63) is 28.7 Å². The molecule has 0 aliphatic heterocycles. The molecule has 0 atom stereocenters. The Morgan fingerprint density at radius 2 is 2.00 bits per heavy atom. The van der Waals surface area contributed by atoms with Gasteiger partial charge in [0.2, 0.25) is 5.91 Å². The second kappa shape index (κ2) is 8.24. The summed E-state index contributed by atoms with van der Waals surface area (Å²) in [6.07, 6.45) is 0. The molecule has 0 radical (unpaired) electrons. The molecule has 2 N–H and O–H groups in total. The third-order valence-electron chi connectivity index (χ3n) is 2.62. The number of anilines is 1. The Hall–Kier alpha value is -0.910. The van der Waals surface area contributed by atoms with Crippen LogP contribution in [0.2, 0.25) is 0 Å². The first kappa shape index (κ1) is 15.1. The number of halogens is 1. The number of rotatable bonds is 7. The van der Waals surface area contributed by atoms with Crippen LogP contribution in [0.3, 0.4) is 0 Å². The zero-order valence-electron chi connectivity index (χ0n) is 10.9. The molecule has 0 aromatic heterocycles. The fraction of sp³-hybridized carbons (Fsp3) is 0.462. The summed E-state index contributed by atoms with van der Waals surface area (Å²) in [5.74, 6) is -0.0172. The molecule has 1 rings (SSSR count). The molecule has 0 aliphatic rings. The van der Waals surface area contributed by atoms with Gasteiger partial charge in [0.05, 0.1) is 6.54 Å². The van der Waals surface area contributed by atoms with Gasteiger partial charge in [-0.1, -0.05) is 22.9 Å². The van der Waals surface area contributed by atoms with Crippen LogP contribution in [0.15, 0.2) is 28.7 Å². The Kier molecular flexibility index (Phi) is 6.93. The highest BCUT2D eigenvalue weighted by Gasteiger charge is 2.01. The van der Waals surface area contributed by atoms with Crippen molar-refractivity contribution >= 4 is 27.5 Å². The van der Waals surface area contributed by atoms with E-state index in [-0.39, 0.29) is 5.91 Å². The van der Waals surface area contributed by atoms with Crippen LogP contribution in [0.1, 0.15) is 6.92 Å². The molecule has 0 aliphatic carbocycles. The highest BCUT2D eigenvalue weighted by atomic mass is 79.9. The van der Waals surface area contributed by atoms with Crippen molar-refractivity contribution in [1.82, 2.24) is 10.2 Å². The predicted octanol–water partition coefficient (Wildman–Crippen LogP) is 1.93. The minimum atomic E-state index is -0.0172. The van der Waals surface area contributed by atoms with E-state index in [1.54, 1.807) is 0 Å². The van der Waals surface area contributed by atoms with Gasteiger partial charge in [-0.25, -0.2) is 0 Å². The maximum absolute atomic E-state index is 11.6. The molecule has 0 bridgehead atoms. The van der Waals surface area contributed by atoms with Gasteiger partial charge in [0.15, 0.2) is 0 Å². The molecule has 0 fully saturated rings. The fourth-order valence-corrected chi connectivity index (χ4v) is 1.63. The molecule has 5 heteroatoms. The second-order valence-electron chi connectivity index (χ2n) is 4.13. The van der Waals surface area contributed by atoms with Gasteiger partial charge in [0.1, 0.15) is 0 Å². The van der Waals surface area contributed by atoms with E-state index < -0.39 is 0 Å². The average molecular weight is 314 g/mol. The van der Waals surface area contributed by atoms with Gasteiger partial charge in [-0.15, -0.1) is 0 Å². The topological polar surface area (TPSA) is 44.4 Å². The lowest BCUT2D eigenvalue weighted by Crippen LogP contribution is -2.34. The molecule has 0 saturated heterocycles. The third-order valence-corrected chi connectivity index (χ3v) is 3.15. The Balaban J connectivity index is 2.19. The number of carbonyl (C=O) groups is 1. The lowest BCUT2D eigenvalue weighted by atomic mass is 10.3. The van der Waals surface area contributed by atoms with Gasteiger partial charge in [-0.05, 0) is 37.9 Å². The first-order valence-electron chi connectivity index (χ1n) is 6.06. The summed E-state index contributed by atoms with van der Waals surface area (Å²) in [4.78, 5) is 13.8. The van der Waals surface area contributed by atoms with Gasteiger partial charge >= 0.3 is 0 Å². The first-order chi connectivity index (χ1) is 8.61. The number of benzene rings is 1. The summed E-state index contributed by atoms with van der Waals surface area (Å²) < 4.78 is 1.00. The lowest BCUT2D eigenvalue weighted by Gasteiger charge is -2.13. The summed E-state index contributed by atoms with van der Waals surface area (Å²) in [7, 11) is 2.06. The van der Waals surface area contributed by atoms with Crippen LogP contribution in [0.4, 0.5) is 5.69 Å². The van der Waals surface area contributed by atoms with Crippen molar-refractivity contribution in [2.45, 2.75) is 6.92 Å². The van der Waals surface area contributed by atoms with Crippen LogP contribution in [0, 0.1) is 0 Å². The number of nitrogens with zero attached hydrogens (tertiary/aromatic N) is 1. The predicted molar refractivity (Wildman–Crippen MR) is 78.8 cm³/mol. The minimum Gasteiger partial charge on any atom is -0.325 e. The molecule has 1 aromatic rings. The lowest BCUT2D eigenvalue weighted by molar-refractivity contribution is -0.115. The zero-order chi connectivity index (χ0) is 13.4. The standard InChI is InChI=1S/C13H20BrN3O/c1-3-17(2)9-8-15-10-13(18)16-12-6-4-11(14)5-7-12/h4-7,15H,3,8-10H2,1-2H3,(H,16,18). The number of hydrogen-bond acceptors (Lipinski definition) is 3. The fourth-order valence-electron chi connectivity index (χ4n) is 1.37. The van der Waals surface area contributed by atoms with E-state index in [1.807, 2.05) is 24.3 Å². The van der Waals surface area contributed by atoms with Gasteiger partial charge in [0.25, 0.3) is 0 Å². The Morgan fingerprint density at radius 1 is 1.33 bits per heavy atom. The smallest absolute Gasteiger partial charge is 0.238 e. The first-order valence-corrected chi connectivity index (χ1v) is 6.85. The number of likely N-dealkylation sites (N-methyl/N-ethyl adjacent to an activating group) is 1. The summed E-state index contributed by atoms with van der Waals surface area (Å²) in [6, 6.07) is 7.54. The Bertz CT molecular complexity index is 367. The number of nitrogens with one attached hydrogen (secondary N) is 2. The normalized spacial score (nSPS) is 10.7. The van der Waals surface area contributed by atoms with Gasteiger partial charge in [-0.3, -0.25) is 4.79 Å². The van der Waals surface area contributed by atoms with Crippen LogP contribution < -0.4 is 10.6 Å². The molecular formula is C13H20BrN3O. The molecule has 18 heavy (non-hydrogen) atoms. The van der Waals surface area contributed by atoms with Crippen LogP contribution >= 0.6 is 15.9 Å². The van der Waals surface area contributed by atoms with E-state index in [9.17, 15) is 4.79 Å². The SMILES string of the molecule is CCN(C)CCNCC(=O)Nc1ccc(Br)cc1. The zero-order valence-corrected chi connectivity index (χ0v) is 12.5. The summed E-state index contributed by atoms with van der Waals surface area (Å²) >= 11 is 3.35. The minimum absolute atomic E-state index is 0.0172. The Morgan fingerprint density at radius 3 is 2.61 bits per heavy atom. The summed E-state index contributed by atoms with van der Waals surface area (Å²) in [5.41, 5.74) is 0.815. The third kappa shape index (κ3) is 6.14. The molecular weight excluding hydrogens is 294 g/mol. The monoisotopic (exact) mass is 313 g/mol. The Labute approximate surface area is 117 Å². The summed E-state index contributed by atoms with van der Waals surface area (Å²) in [6.45, 7) is 5.24. The molecule has 0 heterocycles. The molecule has 0 unspecified atom stereocenters. The van der Waals surface area contributed by atoms with Crippen molar-refractivity contribution in [2.24, 2.45) is 0 Å². The molecule has 0 spiro atoms. The van der Waals surface area contributed by atoms with E-state index in [4.69, 9.17) is 0 Å². The van der Waals surface area contributed by atoms with Crippen molar-refractivity contribution in [3.8, 4) is 0 Å². The molecule has 4 nitrogen and oxygen atoms in total. The van der Waals surface area contributed by atoms with Crippen LogP contribution in [0.5, 0.6) is 0 Å². The van der Waals surface area contributed by atoms with E-state index in [1.165, 1.54) is 0 Å². The highest BCUT2D eigenvalue weighted by Crippen LogP contribution is 2.13. The van der Waals surface area contributed by atoms with Crippen molar-refractivity contribution < 1.29 is 4.79 Å². The van der Waals surface area contributed by atoms with Crippen LogP contribution in [-0.4, -0.2) is 44.0 Å². The molecule has 1 amide bonds. The van der Waals surface area contributed by atoms with Crippen LogP contribution in [0.25, 0.3) is 0 Å². The van der Waals surface area contributed by atoms with Crippen molar-refractivity contribution in [1.29, 1.82) is 0 Å². The maximum atomic E-state index is 11.6. The van der Waals surface area contributed by atoms with Gasteiger partial charge in [0, 0.05) is 23.2 Å². The molecule has 100 valence electrons. The molecule has 1 aromatic carbocycles. The van der Waals surface area contributed by atoms with Gasteiger partial charge < -0.3 is 15.5 Å². The van der Waals surface area contributed by atoms with E-state index >= 15 is 0 Å². The van der Waals surface area contributed by atoms with E-state index in [0.29, 0.717) is 6.54 Å². The van der Waals surface area contributed by atoms with E-state index in [2.05, 4.69) is 45.4 Å². The van der Waals surface area contributed by atoms with E-state index in [0.717, 1.165) is 29.8 Å². The van der Waals surface area contributed by atoms with Crippen molar-refractivity contribution in [3.63, 3.8) is 0 Å². The quantitative estimate of drug-likeness (QED) is 0.756. The van der Waals surface area contributed by atoms with Crippen LogP contribution in [-0.2, 0) is 4.79 Å².